The lowest BCUT2D eigenvalue weighted by Gasteiger charge is -2.05. The highest BCUT2D eigenvalue weighted by Crippen LogP contribution is 2.21. The molecular weight excluding hydrogens is 352 g/mol. The summed E-state index contributed by atoms with van der Waals surface area (Å²) in [6.07, 6.45) is 0.278. The first-order valence-corrected chi connectivity index (χ1v) is 8.99. The molecule has 0 bridgehead atoms. The van der Waals surface area contributed by atoms with E-state index in [9.17, 15) is 14.4 Å². The quantitative estimate of drug-likeness (QED) is 0.532. The number of aryl methyl sites for hydroxylation is 3. The van der Waals surface area contributed by atoms with Crippen LogP contribution in [0, 0.1) is 13.8 Å². The van der Waals surface area contributed by atoms with Gasteiger partial charge >= 0.3 is 5.97 Å². The van der Waals surface area contributed by atoms with Gasteiger partial charge in [0.1, 0.15) is 5.82 Å². The van der Waals surface area contributed by atoms with Gasteiger partial charge in [0, 0.05) is 21.7 Å². The molecule has 2 aromatic heterocycles. The van der Waals surface area contributed by atoms with Crippen LogP contribution in [-0.4, -0.2) is 28.3 Å². The van der Waals surface area contributed by atoms with E-state index in [1.165, 1.54) is 11.3 Å². The summed E-state index contributed by atoms with van der Waals surface area (Å²) in [5.41, 5.74) is 0.941. The van der Waals surface area contributed by atoms with E-state index in [4.69, 9.17) is 4.74 Å². The number of rotatable bonds is 6. The van der Waals surface area contributed by atoms with Crippen molar-refractivity contribution >= 4 is 34.0 Å². The minimum atomic E-state index is -0.501. The Morgan fingerprint density at radius 3 is 2.73 bits per heavy atom. The third-order valence-corrected chi connectivity index (χ3v) is 4.90. The van der Waals surface area contributed by atoms with Crippen LogP contribution in [0.4, 0.5) is 0 Å². The topological polar surface area (TPSA) is 89.1 Å². The fourth-order valence-electron chi connectivity index (χ4n) is 2.68. The van der Waals surface area contributed by atoms with Gasteiger partial charge < -0.3 is 9.72 Å². The van der Waals surface area contributed by atoms with Crippen LogP contribution in [0.3, 0.4) is 0 Å². The summed E-state index contributed by atoms with van der Waals surface area (Å²) >= 11 is 1.54. The van der Waals surface area contributed by atoms with E-state index >= 15 is 0 Å². The lowest BCUT2D eigenvalue weighted by atomic mass is 10.2. The molecule has 1 aromatic carbocycles. The molecular formula is C19H18N2O4S. The Bertz CT molecular complexity index is 1040. The van der Waals surface area contributed by atoms with Gasteiger partial charge in [-0.3, -0.25) is 14.4 Å². The van der Waals surface area contributed by atoms with Gasteiger partial charge in [0.05, 0.1) is 17.3 Å². The summed E-state index contributed by atoms with van der Waals surface area (Å²) in [4.78, 5) is 45.0. The molecule has 0 aliphatic heterocycles. The van der Waals surface area contributed by atoms with E-state index in [-0.39, 0.29) is 30.8 Å². The first-order valence-electron chi connectivity index (χ1n) is 8.18. The lowest BCUT2D eigenvalue weighted by molar-refractivity contribution is -0.142. The number of aromatic nitrogens is 2. The Morgan fingerprint density at radius 2 is 2.00 bits per heavy atom. The van der Waals surface area contributed by atoms with E-state index in [0.717, 1.165) is 9.75 Å². The number of benzene rings is 1. The number of fused-ring (bicyclic) bond motifs is 1. The second-order valence-electron chi connectivity index (χ2n) is 5.94. The Labute approximate surface area is 153 Å². The number of carbonyl (C=O) groups is 2. The lowest BCUT2D eigenvalue weighted by Crippen LogP contribution is -2.16. The predicted octanol–water partition coefficient (Wildman–Crippen LogP) is 2.96. The zero-order valence-corrected chi connectivity index (χ0v) is 15.3. The standard InChI is InChI=1S/C19H18N2O4S/c1-11-9-14(12(2)26-11)16(22)10-25-18(23)8-7-17-20-15-6-4-3-5-13(15)19(24)21-17/h3-6,9H,7-8,10H2,1-2H3,(H,20,21,24). The van der Waals surface area contributed by atoms with Gasteiger partial charge in [-0.15, -0.1) is 11.3 Å². The zero-order valence-electron chi connectivity index (χ0n) is 14.5. The molecule has 1 N–H and O–H groups in total. The molecule has 0 radical (unpaired) electrons. The second kappa shape index (κ2) is 7.61. The number of hydrogen-bond acceptors (Lipinski definition) is 6. The molecule has 3 aromatic rings. The number of para-hydroxylation sites is 1. The highest BCUT2D eigenvalue weighted by molar-refractivity contribution is 7.12. The smallest absolute Gasteiger partial charge is 0.306 e. The summed E-state index contributed by atoms with van der Waals surface area (Å²) in [6.45, 7) is 3.52. The van der Waals surface area contributed by atoms with Crippen molar-refractivity contribution in [2.45, 2.75) is 26.7 Å². The first-order chi connectivity index (χ1) is 12.4. The number of ether oxygens (including phenoxy) is 1. The van der Waals surface area contributed by atoms with Crippen LogP contribution >= 0.6 is 11.3 Å². The van der Waals surface area contributed by atoms with E-state index in [1.54, 1.807) is 30.3 Å². The van der Waals surface area contributed by atoms with E-state index in [2.05, 4.69) is 9.97 Å². The van der Waals surface area contributed by atoms with Crippen LogP contribution < -0.4 is 5.56 Å². The molecule has 0 amide bonds. The number of Topliss-reactive ketones (excluding diaryl/α,β-unsaturated/α-hetero) is 1. The fourth-order valence-corrected chi connectivity index (χ4v) is 3.62. The second-order valence-corrected chi connectivity index (χ2v) is 7.40. The number of thiophene rings is 1. The van der Waals surface area contributed by atoms with E-state index in [0.29, 0.717) is 22.3 Å². The Hall–Kier alpha value is -2.80. The van der Waals surface area contributed by atoms with Gasteiger partial charge in [0.2, 0.25) is 5.78 Å². The molecule has 0 saturated heterocycles. The normalized spacial score (nSPS) is 10.8. The van der Waals surface area contributed by atoms with Gasteiger partial charge in [-0.25, -0.2) is 4.98 Å². The molecule has 0 aliphatic carbocycles. The molecule has 7 heteroatoms. The highest BCUT2D eigenvalue weighted by atomic mass is 32.1. The molecule has 134 valence electrons. The molecule has 6 nitrogen and oxygen atoms in total. The van der Waals surface area contributed by atoms with Gasteiger partial charge in [0.25, 0.3) is 5.56 Å². The number of nitrogens with one attached hydrogen (secondary N) is 1. The van der Waals surface area contributed by atoms with Crippen molar-refractivity contribution < 1.29 is 14.3 Å². The average molecular weight is 370 g/mol. The highest BCUT2D eigenvalue weighted by Gasteiger charge is 2.15. The first kappa shape index (κ1) is 18.0. The van der Waals surface area contributed by atoms with Crippen LogP contribution in [0.1, 0.15) is 32.4 Å². The zero-order chi connectivity index (χ0) is 18.7. The maximum Gasteiger partial charge on any atom is 0.306 e. The van der Waals surface area contributed by atoms with Crippen molar-refractivity contribution in [1.82, 2.24) is 9.97 Å². The van der Waals surface area contributed by atoms with Gasteiger partial charge in [0.15, 0.2) is 6.61 Å². The number of esters is 1. The van der Waals surface area contributed by atoms with Crippen molar-refractivity contribution in [1.29, 1.82) is 0 Å². The average Bonchev–Trinajstić information content (AvgIpc) is 2.96. The van der Waals surface area contributed by atoms with Crippen molar-refractivity contribution in [3.05, 3.63) is 61.8 Å². The number of carbonyl (C=O) groups excluding carboxylic acids is 2. The molecule has 0 atom stereocenters. The fraction of sp³-hybridized carbons (Fsp3) is 0.263. The molecule has 3 rings (SSSR count). The number of nitrogens with zero attached hydrogens (tertiary/aromatic N) is 1. The molecule has 0 saturated carbocycles. The molecule has 0 unspecified atom stereocenters. The van der Waals surface area contributed by atoms with Crippen molar-refractivity contribution in [2.24, 2.45) is 0 Å². The van der Waals surface area contributed by atoms with Gasteiger partial charge in [-0.2, -0.15) is 0 Å². The summed E-state index contributed by atoms with van der Waals surface area (Å²) < 4.78 is 5.06. The van der Waals surface area contributed by atoms with Crippen LogP contribution in [0.5, 0.6) is 0 Å². The third-order valence-electron chi connectivity index (χ3n) is 3.93. The molecule has 2 heterocycles. The van der Waals surface area contributed by atoms with Crippen LogP contribution in [0.15, 0.2) is 35.1 Å². The number of H-pyrrole nitrogens is 1. The van der Waals surface area contributed by atoms with Crippen LogP contribution in [0.2, 0.25) is 0 Å². The number of ketones is 1. The maximum atomic E-state index is 12.1. The minimum absolute atomic E-state index is 0.0379. The number of aromatic amines is 1. The van der Waals surface area contributed by atoms with E-state index in [1.807, 2.05) is 13.8 Å². The van der Waals surface area contributed by atoms with Crippen LogP contribution in [0.25, 0.3) is 10.9 Å². The Balaban J connectivity index is 1.57. The maximum absolute atomic E-state index is 12.1. The summed E-state index contributed by atoms with van der Waals surface area (Å²) in [7, 11) is 0. The molecule has 0 aliphatic rings. The number of hydrogen-bond donors (Lipinski definition) is 1. The van der Waals surface area contributed by atoms with Crippen molar-refractivity contribution in [3.63, 3.8) is 0 Å². The monoisotopic (exact) mass is 370 g/mol. The summed E-state index contributed by atoms with van der Waals surface area (Å²) in [5.74, 6) is -0.294. The minimum Gasteiger partial charge on any atom is -0.457 e. The predicted molar refractivity (Wildman–Crippen MR) is 99.8 cm³/mol. The summed E-state index contributed by atoms with van der Waals surface area (Å²) in [6, 6.07) is 8.81. The molecule has 0 spiro atoms. The van der Waals surface area contributed by atoms with Crippen molar-refractivity contribution in [3.8, 4) is 0 Å². The molecule has 26 heavy (non-hydrogen) atoms. The Morgan fingerprint density at radius 1 is 1.23 bits per heavy atom. The Kier molecular flexibility index (Phi) is 5.27. The SMILES string of the molecule is Cc1cc(C(=O)COC(=O)CCc2nc3ccccc3c(=O)[nH]2)c(C)s1. The third kappa shape index (κ3) is 4.05. The van der Waals surface area contributed by atoms with Crippen LogP contribution in [-0.2, 0) is 16.0 Å². The van der Waals surface area contributed by atoms with E-state index < -0.39 is 5.97 Å². The van der Waals surface area contributed by atoms with Crippen molar-refractivity contribution in [2.75, 3.05) is 6.61 Å². The van der Waals surface area contributed by atoms with Gasteiger partial charge in [-0.1, -0.05) is 12.1 Å². The summed E-state index contributed by atoms with van der Waals surface area (Å²) in [5, 5.41) is 0.505. The van der Waals surface area contributed by atoms with Gasteiger partial charge in [-0.05, 0) is 32.0 Å². The largest absolute Gasteiger partial charge is 0.457 e. The molecule has 0 fully saturated rings.